The third-order valence-corrected chi connectivity index (χ3v) is 5.56. The minimum absolute atomic E-state index is 0.103. The molecular weight excluding hydrogens is 350 g/mol. The van der Waals surface area contributed by atoms with Gasteiger partial charge in [-0.25, -0.2) is 0 Å². The number of carbonyl (C=O) groups is 2. The minimum Gasteiger partial charge on any atom is -0.507 e. The molecule has 1 saturated heterocycles. The second-order valence-corrected chi connectivity index (χ2v) is 7.50. The zero-order valence-electron chi connectivity index (χ0n) is 17.0. The number of nitrogens with zero attached hydrogens (tertiary/aromatic N) is 1. The molecule has 4 heteroatoms. The van der Waals surface area contributed by atoms with Crippen LogP contribution in [0.1, 0.15) is 53.6 Å². The Balaban J connectivity index is 2.20. The fraction of sp³-hybridized carbons (Fsp3) is 0.333. The average Bonchev–Trinajstić information content (AvgIpc) is 2.92. The Labute approximate surface area is 166 Å². The van der Waals surface area contributed by atoms with Gasteiger partial charge in [0.1, 0.15) is 5.76 Å². The van der Waals surface area contributed by atoms with E-state index in [0.717, 1.165) is 35.1 Å². The monoisotopic (exact) mass is 377 g/mol. The van der Waals surface area contributed by atoms with Gasteiger partial charge in [0.25, 0.3) is 11.7 Å². The van der Waals surface area contributed by atoms with Crippen molar-refractivity contribution in [2.24, 2.45) is 0 Å². The molecule has 4 nitrogen and oxygen atoms in total. The second kappa shape index (κ2) is 8.01. The van der Waals surface area contributed by atoms with Crippen LogP contribution >= 0.6 is 0 Å². The largest absolute Gasteiger partial charge is 0.507 e. The first-order valence-electron chi connectivity index (χ1n) is 9.78. The molecule has 1 atom stereocenters. The van der Waals surface area contributed by atoms with Gasteiger partial charge in [-0.2, -0.15) is 0 Å². The van der Waals surface area contributed by atoms with Crippen LogP contribution in [-0.2, 0) is 9.59 Å². The number of hydrogen-bond donors (Lipinski definition) is 1. The lowest BCUT2D eigenvalue weighted by Crippen LogP contribution is -2.30. The van der Waals surface area contributed by atoms with Crippen LogP contribution in [0.15, 0.2) is 48.0 Å². The maximum Gasteiger partial charge on any atom is 0.295 e. The molecule has 1 N–H and O–H groups in total. The lowest BCUT2D eigenvalue weighted by Gasteiger charge is -2.26. The maximum absolute atomic E-state index is 12.9. The van der Waals surface area contributed by atoms with Crippen LogP contribution in [-0.4, -0.2) is 28.2 Å². The van der Waals surface area contributed by atoms with Gasteiger partial charge in [-0.05, 0) is 55.5 Å². The molecular formula is C24H27NO3. The Morgan fingerprint density at radius 1 is 1.00 bits per heavy atom. The van der Waals surface area contributed by atoms with Gasteiger partial charge in [0.2, 0.25) is 0 Å². The molecule has 0 aliphatic carbocycles. The molecule has 2 aromatic rings. The summed E-state index contributed by atoms with van der Waals surface area (Å²) in [6, 6.07) is 12.7. The number of Topliss-reactive ketones (excluding diaryl/α,β-unsaturated/α-hetero) is 1. The summed E-state index contributed by atoms with van der Waals surface area (Å²) in [4.78, 5) is 27.3. The number of rotatable bonds is 5. The molecule has 1 aliphatic rings. The predicted octanol–water partition coefficient (Wildman–Crippen LogP) is 4.83. The van der Waals surface area contributed by atoms with Crippen molar-refractivity contribution >= 4 is 17.4 Å². The lowest BCUT2D eigenvalue weighted by molar-refractivity contribution is -0.139. The standard InChI is InChI=1S/C24H27NO3/c1-5-6-13-25-21(19-10-8-7-9-16(19)3)20(23(27)24(25)28)22(26)18-12-11-15(2)17(4)14-18/h7-12,14,21,26H,5-6,13H2,1-4H3/b22-20+. The van der Waals surface area contributed by atoms with Gasteiger partial charge in [0.05, 0.1) is 11.6 Å². The summed E-state index contributed by atoms with van der Waals surface area (Å²) < 4.78 is 0. The molecule has 3 rings (SSSR count). The number of amides is 1. The number of benzene rings is 2. The van der Waals surface area contributed by atoms with E-state index < -0.39 is 17.7 Å². The summed E-state index contributed by atoms with van der Waals surface area (Å²) in [5.41, 5.74) is 4.74. The van der Waals surface area contributed by atoms with Crippen molar-refractivity contribution < 1.29 is 14.7 Å². The van der Waals surface area contributed by atoms with Gasteiger partial charge in [0, 0.05) is 12.1 Å². The molecule has 1 amide bonds. The number of aliphatic hydroxyl groups excluding tert-OH is 1. The van der Waals surface area contributed by atoms with Crippen molar-refractivity contribution in [3.8, 4) is 0 Å². The zero-order chi connectivity index (χ0) is 20.4. The van der Waals surface area contributed by atoms with Crippen LogP contribution in [0, 0.1) is 20.8 Å². The van der Waals surface area contributed by atoms with Crippen molar-refractivity contribution in [2.45, 2.75) is 46.6 Å². The van der Waals surface area contributed by atoms with Gasteiger partial charge >= 0.3 is 0 Å². The van der Waals surface area contributed by atoms with Crippen molar-refractivity contribution in [1.29, 1.82) is 0 Å². The first kappa shape index (κ1) is 19.9. The summed E-state index contributed by atoms with van der Waals surface area (Å²) in [5.74, 6) is -1.25. The first-order valence-corrected chi connectivity index (χ1v) is 9.78. The molecule has 1 fully saturated rings. The van der Waals surface area contributed by atoms with Gasteiger partial charge < -0.3 is 10.0 Å². The minimum atomic E-state index is -0.611. The molecule has 0 radical (unpaired) electrons. The van der Waals surface area contributed by atoms with E-state index in [-0.39, 0.29) is 11.3 Å². The van der Waals surface area contributed by atoms with E-state index in [1.165, 1.54) is 0 Å². The number of carbonyl (C=O) groups excluding carboxylic acids is 2. The van der Waals surface area contributed by atoms with E-state index in [1.54, 1.807) is 11.0 Å². The number of hydrogen-bond acceptors (Lipinski definition) is 3. The van der Waals surface area contributed by atoms with E-state index in [9.17, 15) is 14.7 Å². The summed E-state index contributed by atoms with van der Waals surface area (Å²) in [7, 11) is 0. The lowest BCUT2D eigenvalue weighted by atomic mass is 9.92. The van der Waals surface area contributed by atoms with E-state index in [4.69, 9.17) is 0 Å². The molecule has 0 bridgehead atoms. The SMILES string of the molecule is CCCCN1C(=O)C(=O)/C(=C(/O)c2ccc(C)c(C)c2)C1c1ccccc1C. The molecule has 0 spiro atoms. The summed E-state index contributed by atoms with van der Waals surface area (Å²) in [6.45, 7) is 8.46. The quantitative estimate of drug-likeness (QED) is 0.461. The fourth-order valence-electron chi connectivity index (χ4n) is 3.70. The molecule has 2 aromatic carbocycles. The summed E-state index contributed by atoms with van der Waals surface area (Å²) >= 11 is 0. The molecule has 0 saturated carbocycles. The van der Waals surface area contributed by atoms with Gasteiger partial charge in [-0.3, -0.25) is 9.59 Å². The average molecular weight is 377 g/mol. The van der Waals surface area contributed by atoms with E-state index in [1.807, 2.05) is 57.2 Å². The topological polar surface area (TPSA) is 57.6 Å². The van der Waals surface area contributed by atoms with Crippen molar-refractivity contribution in [1.82, 2.24) is 4.90 Å². The maximum atomic E-state index is 12.9. The van der Waals surface area contributed by atoms with Crippen LogP contribution in [0.25, 0.3) is 5.76 Å². The Bertz CT molecular complexity index is 958. The zero-order valence-corrected chi connectivity index (χ0v) is 17.0. The smallest absolute Gasteiger partial charge is 0.295 e. The molecule has 28 heavy (non-hydrogen) atoms. The number of aliphatic hydroxyl groups is 1. The van der Waals surface area contributed by atoms with Crippen molar-refractivity contribution in [2.75, 3.05) is 6.54 Å². The number of unbranched alkanes of at least 4 members (excludes halogenated alkanes) is 1. The van der Waals surface area contributed by atoms with Gasteiger partial charge in [-0.1, -0.05) is 49.7 Å². The third-order valence-electron chi connectivity index (χ3n) is 5.56. The van der Waals surface area contributed by atoms with Crippen LogP contribution < -0.4 is 0 Å². The highest BCUT2D eigenvalue weighted by molar-refractivity contribution is 6.46. The van der Waals surface area contributed by atoms with Crippen molar-refractivity contribution in [3.63, 3.8) is 0 Å². The Kier molecular flexibility index (Phi) is 5.68. The highest BCUT2D eigenvalue weighted by Crippen LogP contribution is 2.40. The molecule has 146 valence electrons. The Morgan fingerprint density at radius 2 is 1.71 bits per heavy atom. The van der Waals surface area contributed by atoms with E-state index in [0.29, 0.717) is 12.1 Å². The van der Waals surface area contributed by atoms with Crippen LogP contribution in [0.2, 0.25) is 0 Å². The Morgan fingerprint density at radius 3 is 2.36 bits per heavy atom. The summed E-state index contributed by atoms with van der Waals surface area (Å²) in [5, 5.41) is 11.1. The van der Waals surface area contributed by atoms with Crippen LogP contribution in [0.4, 0.5) is 0 Å². The van der Waals surface area contributed by atoms with Gasteiger partial charge in [-0.15, -0.1) is 0 Å². The van der Waals surface area contributed by atoms with Crippen LogP contribution in [0.3, 0.4) is 0 Å². The normalized spacial score (nSPS) is 18.7. The molecule has 1 aliphatic heterocycles. The second-order valence-electron chi connectivity index (χ2n) is 7.50. The molecule has 1 unspecified atom stereocenters. The Hall–Kier alpha value is -2.88. The van der Waals surface area contributed by atoms with Gasteiger partial charge in [0.15, 0.2) is 0 Å². The highest BCUT2D eigenvalue weighted by Gasteiger charge is 2.46. The molecule has 1 heterocycles. The summed E-state index contributed by atoms with van der Waals surface area (Å²) in [6.07, 6.45) is 1.72. The number of aryl methyl sites for hydroxylation is 3. The molecule has 0 aromatic heterocycles. The fourth-order valence-corrected chi connectivity index (χ4v) is 3.70. The van der Waals surface area contributed by atoms with Crippen LogP contribution in [0.5, 0.6) is 0 Å². The third kappa shape index (κ3) is 3.47. The first-order chi connectivity index (χ1) is 13.4. The van der Waals surface area contributed by atoms with E-state index >= 15 is 0 Å². The highest BCUT2D eigenvalue weighted by atomic mass is 16.3. The van der Waals surface area contributed by atoms with E-state index in [2.05, 4.69) is 6.92 Å². The number of likely N-dealkylation sites (tertiary alicyclic amines) is 1. The number of ketones is 1. The predicted molar refractivity (Wildman–Crippen MR) is 111 cm³/mol. The van der Waals surface area contributed by atoms with Crippen molar-refractivity contribution in [3.05, 3.63) is 75.9 Å².